The molecule has 1 aliphatic carbocycles. The van der Waals surface area contributed by atoms with Gasteiger partial charge in [0, 0.05) is 25.2 Å². The molecule has 2 fully saturated rings. The fraction of sp³-hybridized carbons (Fsp3) is 0.579. The Morgan fingerprint density at radius 3 is 2.76 bits per heavy atom. The molecule has 0 unspecified atom stereocenters. The van der Waals surface area contributed by atoms with E-state index < -0.39 is 0 Å². The van der Waals surface area contributed by atoms with Crippen molar-refractivity contribution < 1.29 is 4.74 Å². The average Bonchev–Trinajstić information content (AvgIpc) is 3.38. The van der Waals surface area contributed by atoms with Gasteiger partial charge in [-0.2, -0.15) is 14.5 Å². The third-order valence-corrected chi connectivity index (χ3v) is 6.56. The van der Waals surface area contributed by atoms with Crippen molar-refractivity contribution in [1.29, 1.82) is 0 Å². The Kier molecular flexibility index (Phi) is 5.30. The number of anilines is 3. The normalized spacial score (nSPS) is 23.3. The number of aromatic nitrogens is 5. The first-order valence-electron chi connectivity index (χ1n) is 10.2. The van der Waals surface area contributed by atoms with Crippen LogP contribution < -0.4 is 10.6 Å². The van der Waals surface area contributed by atoms with E-state index in [4.69, 9.17) is 9.72 Å². The van der Waals surface area contributed by atoms with Gasteiger partial charge in [0.1, 0.15) is 16.0 Å². The van der Waals surface area contributed by atoms with Crippen molar-refractivity contribution in [1.82, 2.24) is 29.4 Å². The Morgan fingerprint density at radius 1 is 1.17 bits per heavy atom. The van der Waals surface area contributed by atoms with Gasteiger partial charge in [0.15, 0.2) is 5.82 Å². The predicted molar refractivity (Wildman–Crippen MR) is 114 cm³/mol. The van der Waals surface area contributed by atoms with Crippen LogP contribution in [0.1, 0.15) is 31.4 Å². The van der Waals surface area contributed by atoms with Crippen LogP contribution in [-0.4, -0.2) is 67.8 Å². The molecule has 9 nitrogen and oxygen atoms in total. The summed E-state index contributed by atoms with van der Waals surface area (Å²) < 4.78 is 9.80. The predicted octanol–water partition coefficient (Wildman–Crippen LogP) is 2.92. The highest BCUT2D eigenvalue weighted by molar-refractivity contribution is 7.10. The summed E-state index contributed by atoms with van der Waals surface area (Å²) in [6.45, 7) is 5.84. The van der Waals surface area contributed by atoms with Gasteiger partial charge in [-0.3, -0.25) is 10.00 Å². The Labute approximate surface area is 173 Å². The summed E-state index contributed by atoms with van der Waals surface area (Å²) in [6, 6.07) is 3.08. The van der Waals surface area contributed by atoms with Crippen LogP contribution in [0.2, 0.25) is 0 Å². The third kappa shape index (κ3) is 4.19. The maximum atomic E-state index is 5.49. The summed E-state index contributed by atoms with van der Waals surface area (Å²) in [5.74, 6) is 1.37. The lowest BCUT2D eigenvalue weighted by molar-refractivity contribution is 0.00791. The number of hydrogen-bond donors (Lipinski definition) is 3. The number of aromatic amines is 1. The molecule has 0 atom stereocenters. The van der Waals surface area contributed by atoms with E-state index in [9.17, 15) is 0 Å². The molecule has 3 N–H and O–H groups in total. The highest BCUT2D eigenvalue weighted by atomic mass is 32.1. The molecule has 3 aromatic heterocycles. The topological polar surface area (TPSA) is 104 Å². The third-order valence-electron chi connectivity index (χ3n) is 5.76. The molecule has 0 radical (unpaired) electrons. The van der Waals surface area contributed by atoms with Gasteiger partial charge in [-0.15, -0.1) is 0 Å². The second-order valence-electron chi connectivity index (χ2n) is 7.78. The van der Waals surface area contributed by atoms with E-state index in [1.165, 1.54) is 24.4 Å². The second kappa shape index (κ2) is 8.21. The number of aryl methyl sites for hydroxylation is 1. The zero-order valence-electron chi connectivity index (χ0n) is 16.5. The van der Waals surface area contributed by atoms with Gasteiger partial charge in [0.05, 0.1) is 25.1 Å². The number of hydrogen-bond acceptors (Lipinski definition) is 9. The summed E-state index contributed by atoms with van der Waals surface area (Å²) in [7, 11) is 0. The molecule has 0 spiro atoms. The maximum Gasteiger partial charge on any atom is 0.230 e. The van der Waals surface area contributed by atoms with Crippen LogP contribution >= 0.6 is 11.5 Å². The van der Waals surface area contributed by atoms with E-state index in [0.29, 0.717) is 18.0 Å². The number of morpholine rings is 1. The van der Waals surface area contributed by atoms with Crippen LogP contribution in [0.5, 0.6) is 0 Å². The molecule has 5 rings (SSSR count). The summed E-state index contributed by atoms with van der Waals surface area (Å²) in [6.07, 6.45) is 6.43. The van der Waals surface area contributed by atoms with E-state index in [2.05, 4.69) is 35.1 Å². The first-order chi connectivity index (χ1) is 14.2. The Bertz CT molecular complexity index is 958. The number of nitrogens with zero attached hydrogens (tertiary/aromatic N) is 5. The van der Waals surface area contributed by atoms with E-state index >= 15 is 0 Å². The molecule has 0 aromatic carbocycles. The molecule has 2 aliphatic rings. The minimum atomic E-state index is 0.409. The summed E-state index contributed by atoms with van der Waals surface area (Å²) in [4.78, 5) is 11.9. The molecule has 10 heteroatoms. The van der Waals surface area contributed by atoms with Crippen LogP contribution in [0.15, 0.2) is 12.3 Å². The lowest BCUT2D eigenvalue weighted by Crippen LogP contribution is -2.46. The van der Waals surface area contributed by atoms with Gasteiger partial charge in [-0.25, -0.2) is 4.98 Å². The van der Waals surface area contributed by atoms with E-state index in [-0.39, 0.29) is 0 Å². The molecule has 3 aromatic rings. The monoisotopic (exact) mass is 414 g/mol. The Morgan fingerprint density at radius 2 is 2.00 bits per heavy atom. The van der Waals surface area contributed by atoms with E-state index in [1.54, 1.807) is 6.20 Å². The maximum absolute atomic E-state index is 5.49. The fourth-order valence-electron chi connectivity index (χ4n) is 4.25. The lowest BCUT2D eigenvalue weighted by Gasteiger charge is -2.39. The molecule has 0 amide bonds. The van der Waals surface area contributed by atoms with Crippen LogP contribution in [0.3, 0.4) is 0 Å². The standard InChI is InChI=1S/C19H26N8OS/c1-12-10-16(29-26-12)23-19-22-15-11-20-25-17(15)18(24-19)21-13-2-4-14(5-3-13)27-6-8-28-9-7-27/h10-11,13-14H,2-9H2,1H3,(H,20,25)(H2,21,22,23,24)/t13-,14-. The van der Waals surface area contributed by atoms with Gasteiger partial charge in [0.2, 0.25) is 5.95 Å². The quantitative estimate of drug-likeness (QED) is 0.585. The van der Waals surface area contributed by atoms with Crippen LogP contribution in [0.25, 0.3) is 11.0 Å². The number of nitrogens with one attached hydrogen (secondary N) is 3. The lowest BCUT2D eigenvalue weighted by atomic mass is 9.90. The number of ether oxygens (including phenoxy) is 1. The van der Waals surface area contributed by atoms with Crippen molar-refractivity contribution in [2.75, 3.05) is 36.9 Å². The van der Waals surface area contributed by atoms with Gasteiger partial charge < -0.3 is 15.4 Å². The van der Waals surface area contributed by atoms with Gasteiger partial charge >= 0.3 is 0 Å². The fourth-order valence-corrected chi connectivity index (χ4v) is 4.91. The van der Waals surface area contributed by atoms with Gasteiger partial charge in [-0.1, -0.05) is 0 Å². The largest absolute Gasteiger partial charge is 0.379 e. The van der Waals surface area contributed by atoms with E-state index in [0.717, 1.165) is 66.7 Å². The molecule has 1 saturated heterocycles. The smallest absolute Gasteiger partial charge is 0.230 e. The van der Waals surface area contributed by atoms with Crippen molar-refractivity contribution in [2.45, 2.75) is 44.7 Å². The first-order valence-corrected chi connectivity index (χ1v) is 11.0. The van der Waals surface area contributed by atoms with E-state index in [1.807, 2.05) is 13.0 Å². The van der Waals surface area contributed by atoms with Crippen molar-refractivity contribution in [3.05, 3.63) is 18.0 Å². The first kappa shape index (κ1) is 18.7. The SMILES string of the molecule is Cc1cc(Nc2nc(N[C@H]3CC[C@H](N4CCOCC4)CC3)c3[nH]ncc3n2)sn1. The minimum Gasteiger partial charge on any atom is -0.379 e. The van der Waals surface area contributed by atoms with Gasteiger partial charge in [0.25, 0.3) is 0 Å². The second-order valence-corrected chi connectivity index (χ2v) is 8.59. The van der Waals surface area contributed by atoms with Crippen molar-refractivity contribution in [3.8, 4) is 0 Å². The number of fused-ring (bicyclic) bond motifs is 1. The van der Waals surface area contributed by atoms with Gasteiger partial charge in [-0.05, 0) is 50.2 Å². The van der Waals surface area contributed by atoms with Crippen LogP contribution in [0.4, 0.5) is 16.8 Å². The number of rotatable bonds is 5. The molecule has 1 aliphatic heterocycles. The molecule has 1 saturated carbocycles. The number of H-pyrrole nitrogens is 1. The minimum absolute atomic E-state index is 0.409. The molecular weight excluding hydrogens is 388 g/mol. The van der Waals surface area contributed by atoms with Crippen molar-refractivity contribution >= 4 is 39.3 Å². The zero-order valence-corrected chi connectivity index (χ0v) is 17.3. The van der Waals surface area contributed by atoms with Crippen molar-refractivity contribution in [3.63, 3.8) is 0 Å². The van der Waals surface area contributed by atoms with Crippen molar-refractivity contribution in [2.24, 2.45) is 0 Å². The molecule has 0 bridgehead atoms. The molecule has 29 heavy (non-hydrogen) atoms. The summed E-state index contributed by atoms with van der Waals surface area (Å²) >= 11 is 1.41. The molecule has 4 heterocycles. The van der Waals surface area contributed by atoms with Crippen LogP contribution in [-0.2, 0) is 4.74 Å². The zero-order chi connectivity index (χ0) is 19.6. The highest BCUT2D eigenvalue weighted by Gasteiger charge is 2.27. The summed E-state index contributed by atoms with van der Waals surface area (Å²) in [5.41, 5.74) is 2.64. The molecular formula is C19H26N8OS. The average molecular weight is 415 g/mol. The Hall–Kier alpha value is -2.30. The summed E-state index contributed by atoms with van der Waals surface area (Å²) in [5, 5.41) is 15.0. The Balaban J connectivity index is 1.28. The molecule has 154 valence electrons. The highest BCUT2D eigenvalue weighted by Crippen LogP contribution is 2.29. The van der Waals surface area contributed by atoms with Crippen LogP contribution in [0, 0.1) is 6.92 Å².